The van der Waals surface area contributed by atoms with E-state index in [2.05, 4.69) is 4.98 Å². The summed E-state index contributed by atoms with van der Waals surface area (Å²) in [5.74, 6) is 0.331. The van der Waals surface area contributed by atoms with Crippen molar-refractivity contribution in [2.45, 2.75) is 20.0 Å². The largest absolute Gasteiger partial charge is 0.490 e. The molecular weight excluding hydrogens is 414 g/mol. The summed E-state index contributed by atoms with van der Waals surface area (Å²) in [4.78, 5) is 14.9. The predicted molar refractivity (Wildman–Crippen MR) is 122 cm³/mol. The average Bonchev–Trinajstić information content (AvgIpc) is 3.11. The molecule has 0 aliphatic rings. The third kappa shape index (κ3) is 4.67. The maximum absolute atomic E-state index is 11.5. The number of aliphatic carboxylic acids is 1. The van der Waals surface area contributed by atoms with Gasteiger partial charge in [0.15, 0.2) is 11.5 Å². The Bertz CT molecular complexity index is 1220. The van der Waals surface area contributed by atoms with E-state index in [1.54, 1.807) is 12.1 Å². The molecule has 0 bridgehead atoms. The fourth-order valence-corrected chi connectivity index (χ4v) is 3.76. The molecule has 0 unspecified atom stereocenters. The van der Waals surface area contributed by atoms with Crippen LogP contribution in [0.5, 0.6) is 11.5 Å². The molecule has 0 radical (unpaired) electrons. The predicted octanol–water partition coefficient (Wildman–Crippen LogP) is 6.09. The number of hydrogen-bond donors (Lipinski definition) is 2. The van der Waals surface area contributed by atoms with E-state index in [1.807, 2.05) is 61.5 Å². The smallest absolute Gasteiger partial charge is 0.307 e. The number of carbonyl (C=O) groups is 1. The zero-order valence-electron chi connectivity index (χ0n) is 17.0. The van der Waals surface area contributed by atoms with Gasteiger partial charge in [0.05, 0.1) is 18.7 Å². The Morgan fingerprint density at radius 2 is 1.81 bits per heavy atom. The highest BCUT2D eigenvalue weighted by Crippen LogP contribution is 2.37. The molecule has 2 N–H and O–H groups in total. The summed E-state index contributed by atoms with van der Waals surface area (Å²) >= 11 is 6.16. The molecule has 31 heavy (non-hydrogen) atoms. The van der Waals surface area contributed by atoms with E-state index in [-0.39, 0.29) is 6.42 Å². The third-order valence-electron chi connectivity index (χ3n) is 4.97. The van der Waals surface area contributed by atoms with Gasteiger partial charge in [0, 0.05) is 21.5 Å². The first-order valence-corrected chi connectivity index (χ1v) is 10.4. The zero-order chi connectivity index (χ0) is 21.8. The Balaban J connectivity index is 1.73. The molecule has 0 aliphatic heterocycles. The highest BCUT2D eigenvalue weighted by atomic mass is 35.5. The van der Waals surface area contributed by atoms with E-state index in [4.69, 9.17) is 21.1 Å². The number of carboxylic acid groups (broad SMARTS) is 1. The lowest BCUT2D eigenvalue weighted by atomic mass is 10.0. The van der Waals surface area contributed by atoms with Gasteiger partial charge < -0.3 is 19.6 Å². The SMILES string of the molecule is CCOc1cc(-c2[nH]c3ccc(Cl)cc3c2CC(=O)O)ccc1OCc1ccccc1. The number of ether oxygens (including phenoxy) is 2. The lowest BCUT2D eigenvalue weighted by Crippen LogP contribution is -2.02. The summed E-state index contributed by atoms with van der Waals surface area (Å²) in [6.07, 6.45) is -0.119. The molecule has 0 amide bonds. The van der Waals surface area contributed by atoms with Gasteiger partial charge in [-0.2, -0.15) is 0 Å². The van der Waals surface area contributed by atoms with Gasteiger partial charge in [0.2, 0.25) is 0 Å². The summed E-state index contributed by atoms with van der Waals surface area (Å²) in [5, 5.41) is 10.8. The standard InChI is InChI=1S/C25H22ClNO4/c1-2-30-23-12-17(8-11-22(23)31-15-16-6-4-3-5-7-16)25-20(14-24(28)29)19-13-18(26)9-10-21(19)27-25/h3-13,27H,2,14-15H2,1H3,(H,28,29). The normalized spacial score (nSPS) is 10.9. The first-order chi connectivity index (χ1) is 15.0. The molecule has 0 spiro atoms. The number of benzene rings is 3. The van der Waals surface area contributed by atoms with Crippen LogP contribution >= 0.6 is 11.6 Å². The molecule has 1 heterocycles. The van der Waals surface area contributed by atoms with Crippen LogP contribution in [0.4, 0.5) is 0 Å². The van der Waals surface area contributed by atoms with Crippen molar-refractivity contribution in [3.63, 3.8) is 0 Å². The van der Waals surface area contributed by atoms with Crippen molar-refractivity contribution in [1.29, 1.82) is 0 Å². The molecule has 158 valence electrons. The number of nitrogens with one attached hydrogen (secondary N) is 1. The van der Waals surface area contributed by atoms with E-state index in [1.165, 1.54) is 0 Å². The Labute approximate surface area is 185 Å². The maximum Gasteiger partial charge on any atom is 0.307 e. The second-order valence-corrected chi connectivity index (χ2v) is 7.54. The minimum absolute atomic E-state index is 0.119. The molecule has 0 atom stereocenters. The number of aromatic nitrogens is 1. The molecule has 0 aliphatic carbocycles. The van der Waals surface area contributed by atoms with E-state index in [9.17, 15) is 9.90 Å². The van der Waals surface area contributed by atoms with E-state index in [0.29, 0.717) is 35.3 Å². The summed E-state index contributed by atoms with van der Waals surface area (Å²) < 4.78 is 11.8. The minimum atomic E-state index is -0.907. The summed E-state index contributed by atoms with van der Waals surface area (Å²) in [5.41, 5.74) is 4.13. The topological polar surface area (TPSA) is 71.6 Å². The molecule has 5 nitrogen and oxygen atoms in total. The molecular formula is C25H22ClNO4. The zero-order valence-corrected chi connectivity index (χ0v) is 17.8. The van der Waals surface area contributed by atoms with Crippen molar-refractivity contribution in [3.8, 4) is 22.8 Å². The van der Waals surface area contributed by atoms with Crippen molar-refractivity contribution in [1.82, 2.24) is 4.98 Å². The Morgan fingerprint density at radius 1 is 1.00 bits per heavy atom. The van der Waals surface area contributed by atoms with Crippen molar-refractivity contribution < 1.29 is 19.4 Å². The number of fused-ring (bicyclic) bond motifs is 1. The van der Waals surface area contributed by atoms with Gasteiger partial charge in [0.1, 0.15) is 6.61 Å². The minimum Gasteiger partial charge on any atom is -0.490 e. The van der Waals surface area contributed by atoms with Crippen LogP contribution in [0, 0.1) is 0 Å². The summed E-state index contributed by atoms with van der Waals surface area (Å²) in [7, 11) is 0. The lowest BCUT2D eigenvalue weighted by molar-refractivity contribution is -0.136. The molecule has 1 aromatic heterocycles. The van der Waals surface area contributed by atoms with Gasteiger partial charge in [-0.3, -0.25) is 4.79 Å². The molecule has 6 heteroatoms. The Hall–Kier alpha value is -3.44. The first-order valence-electron chi connectivity index (χ1n) is 10.0. The van der Waals surface area contributed by atoms with Crippen molar-refractivity contribution in [2.75, 3.05) is 6.61 Å². The van der Waals surface area contributed by atoms with Crippen LogP contribution in [0.2, 0.25) is 5.02 Å². The maximum atomic E-state index is 11.5. The van der Waals surface area contributed by atoms with Crippen LogP contribution in [-0.4, -0.2) is 22.7 Å². The van der Waals surface area contributed by atoms with E-state index >= 15 is 0 Å². The second kappa shape index (κ2) is 9.14. The van der Waals surface area contributed by atoms with Crippen molar-refractivity contribution in [3.05, 3.63) is 82.9 Å². The Morgan fingerprint density at radius 3 is 2.55 bits per heavy atom. The number of hydrogen-bond acceptors (Lipinski definition) is 3. The first kappa shape index (κ1) is 20.8. The molecule has 4 aromatic rings. The van der Waals surface area contributed by atoms with Crippen LogP contribution in [0.3, 0.4) is 0 Å². The highest BCUT2D eigenvalue weighted by molar-refractivity contribution is 6.31. The third-order valence-corrected chi connectivity index (χ3v) is 5.20. The van der Waals surface area contributed by atoms with Gasteiger partial charge in [-0.15, -0.1) is 0 Å². The number of carboxylic acids is 1. The molecule has 0 fully saturated rings. The monoisotopic (exact) mass is 435 g/mol. The number of aromatic amines is 1. The van der Waals surface area contributed by atoms with Crippen LogP contribution in [-0.2, 0) is 17.8 Å². The van der Waals surface area contributed by atoms with Crippen LogP contribution in [0.1, 0.15) is 18.1 Å². The lowest BCUT2D eigenvalue weighted by Gasteiger charge is -2.14. The van der Waals surface area contributed by atoms with Crippen LogP contribution in [0.25, 0.3) is 22.2 Å². The molecule has 0 saturated heterocycles. The average molecular weight is 436 g/mol. The van der Waals surface area contributed by atoms with Gasteiger partial charge >= 0.3 is 5.97 Å². The fraction of sp³-hybridized carbons (Fsp3) is 0.160. The van der Waals surface area contributed by atoms with Crippen LogP contribution in [0.15, 0.2) is 66.7 Å². The Kier molecular flexibility index (Phi) is 6.14. The van der Waals surface area contributed by atoms with Crippen molar-refractivity contribution >= 4 is 28.5 Å². The number of rotatable bonds is 8. The van der Waals surface area contributed by atoms with Crippen molar-refractivity contribution in [2.24, 2.45) is 0 Å². The second-order valence-electron chi connectivity index (χ2n) is 7.11. The molecule has 0 saturated carbocycles. The van der Waals surface area contributed by atoms with Crippen LogP contribution < -0.4 is 9.47 Å². The summed E-state index contributed by atoms with van der Waals surface area (Å²) in [6.45, 7) is 2.82. The molecule has 3 aromatic carbocycles. The van der Waals surface area contributed by atoms with E-state index < -0.39 is 5.97 Å². The van der Waals surface area contributed by atoms with Gasteiger partial charge in [0.25, 0.3) is 0 Å². The number of H-pyrrole nitrogens is 1. The van der Waals surface area contributed by atoms with Gasteiger partial charge in [-0.25, -0.2) is 0 Å². The summed E-state index contributed by atoms with van der Waals surface area (Å²) in [6, 6.07) is 21.0. The molecule has 4 rings (SSSR count). The van der Waals surface area contributed by atoms with E-state index in [0.717, 1.165) is 27.7 Å². The quantitative estimate of drug-likeness (QED) is 0.351. The highest BCUT2D eigenvalue weighted by Gasteiger charge is 2.18. The number of halogens is 1. The van der Waals surface area contributed by atoms with Gasteiger partial charge in [-0.1, -0.05) is 41.9 Å². The van der Waals surface area contributed by atoms with Gasteiger partial charge in [-0.05, 0) is 54.4 Å². The fourth-order valence-electron chi connectivity index (χ4n) is 3.59.